The molecule has 3 heterocycles. The first kappa shape index (κ1) is 22.7. The molecule has 0 atom stereocenters. The van der Waals surface area contributed by atoms with Gasteiger partial charge >= 0.3 is 0 Å². The molecule has 180 valence electrons. The standard InChI is InChI=1S/C27H24ClN7O/c1-16-11-19(13-21(28)31-16)22-23(18-4-2-3-17(12-18)14-29)34-35-10-5-20(32-24(22)35)25(36)33-27-8-6-26(30,15-27)7-9-27/h2-5,10-13H,6-9,15,30H2,1H3,(H,33,36). The lowest BCUT2D eigenvalue weighted by Crippen LogP contribution is -2.45. The van der Waals surface area contributed by atoms with Crippen LogP contribution in [0.2, 0.25) is 5.15 Å². The van der Waals surface area contributed by atoms with E-state index >= 15 is 0 Å². The number of fused-ring (bicyclic) bond motifs is 3. The lowest BCUT2D eigenvalue weighted by atomic mass is 9.91. The summed E-state index contributed by atoms with van der Waals surface area (Å²) in [5.41, 5.74) is 11.0. The van der Waals surface area contributed by atoms with E-state index in [1.54, 1.807) is 35.0 Å². The second kappa shape index (κ2) is 8.12. The molecular formula is C27H24ClN7O. The van der Waals surface area contributed by atoms with E-state index in [0.29, 0.717) is 33.3 Å². The number of hydrogen-bond acceptors (Lipinski definition) is 6. The monoisotopic (exact) mass is 497 g/mol. The van der Waals surface area contributed by atoms with Gasteiger partial charge in [-0.05, 0) is 74.9 Å². The number of amides is 1. The highest BCUT2D eigenvalue weighted by molar-refractivity contribution is 6.29. The van der Waals surface area contributed by atoms with Crippen molar-refractivity contribution in [1.82, 2.24) is 24.9 Å². The first-order chi connectivity index (χ1) is 17.3. The minimum atomic E-state index is -0.249. The summed E-state index contributed by atoms with van der Waals surface area (Å²) in [6.45, 7) is 1.86. The second-order valence-electron chi connectivity index (χ2n) is 10.1. The Labute approximate surface area is 213 Å². The van der Waals surface area contributed by atoms with Crippen LogP contribution in [0.4, 0.5) is 0 Å². The van der Waals surface area contributed by atoms with Crippen molar-refractivity contribution in [2.45, 2.75) is 50.1 Å². The first-order valence-electron chi connectivity index (χ1n) is 11.9. The van der Waals surface area contributed by atoms with Crippen molar-refractivity contribution < 1.29 is 4.79 Å². The number of carbonyl (C=O) groups excluding carboxylic acids is 1. The Hall–Kier alpha value is -3.80. The molecule has 0 saturated heterocycles. The van der Waals surface area contributed by atoms with Gasteiger partial charge in [0.15, 0.2) is 5.65 Å². The number of halogens is 1. The summed E-state index contributed by atoms with van der Waals surface area (Å²) < 4.78 is 1.65. The second-order valence-corrected chi connectivity index (χ2v) is 10.5. The Morgan fingerprint density at radius 1 is 1.14 bits per heavy atom. The van der Waals surface area contributed by atoms with Crippen molar-refractivity contribution in [3.8, 4) is 28.5 Å². The van der Waals surface area contributed by atoms with Crippen molar-refractivity contribution >= 4 is 23.2 Å². The summed E-state index contributed by atoms with van der Waals surface area (Å²) in [6, 6.07) is 14.8. The van der Waals surface area contributed by atoms with Crippen LogP contribution in [0.3, 0.4) is 0 Å². The van der Waals surface area contributed by atoms with Gasteiger partial charge in [0.2, 0.25) is 0 Å². The Balaban J connectivity index is 1.48. The molecule has 36 heavy (non-hydrogen) atoms. The van der Waals surface area contributed by atoms with Crippen molar-refractivity contribution in [2.24, 2.45) is 5.73 Å². The fourth-order valence-electron chi connectivity index (χ4n) is 5.76. The van der Waals surface area contributed by atoms with Crippen LogP contribution >= 0.6 is 11.6 Å². The quantitative estimate of drug-likeness (QED) is 0.402. The van der Waals surface area contributed by atoms with Gasteiger partial charge in [-0.1, -0.05) is 23.7 Å². The Kier molecular flexibility index (Phi) is 5.11. The summed E-state index contributed by atoms with van der Waals surface area (Å²) in [4.78, 5) is 22.4. The van der Waals surface area contributed by atoms with Gasteiger partial charge in [-0.3, -0.25) is 4.79 Å². The van der Waals surface area contributed by atoms with Gasteiger partial charge in [0.05, 0.1) is 17.2 Å². The molecule has 2 fully saturated rings. The third-order valence-corrected chi connectivity index (χ3v) is 7.66. The van der Waals surface area contributed by atoms with Crippen LogP contribution in [0.5, 0.6) is 0 Å². The van der Waals surface area contributed by atoms with Crippen LogP contribution in [-0.4, -0.2) is 36.6 Å². The highest BCUT2D eigenvalue weighted by atomic mass is 35.5. The number of rotatable bonds is 4. The van der Waals surface area contributed by atoms with Crippen LogP contribution in [0.25, 0.3) is 28.0 Å². The van der Waals surface area contributed by atoms with Gasteiger partial charge in [-0.15, -0.1) is 0 Å². The number of aryl methyl sites for hydroxylation is 1. The molecule has 0 radical (unpaired) electrons. The van der Waals surface area contributed by atoms with Crippen LogP contribution in [0.15, 0.2) is 48.7 Å². The lowest BCUT2D eigenvalue weighted by molar-refractivity contribution is 0.0896. The minimum Gasteiger partial charge on any atom is -0.345 e. The lowest BCUT2D eigenvalue weighted by Gasteiger charge is -2.27. The van der Waals surface area contributed by atoms with E-state index in [1.807, 2.05) is 25.1 Å². The molecule has 0 aliphatic heterocycles. The van der Waals surface area contributed by atoms with Crippen molar-refractivity contribution in [2.75, 3.05) is 0 Å². The molecule has 9 heteroatoms. The number of hydrogen-bond donors (Lipinski definition) is 2. The molecule has 1 aromatic carbocycles. The maximum absolute atomic E-state index is 13.3. The molecule has 0 spiro atoms. The zero-order chi connectivity index (χ0) is 25.1. The van der Waals surface area contributed by atoms with Crippen LogP contribution in [0.1, 0.15) is 53.8 Å². The third kappa shape index (κ3) is 3.81. The van der Waals surface area contributed by atoms with Crippen LogP contribution in [-0.2, 0) is 0 Å². The fourth-order valence-corrected chi connectivity index (χ4v) is 6.01. The van der Waals surface area contributed by atoms with E-state index in [9.17, 15) is 10.1 Å². The van der Waals surface area contributed by atoms with E-state index in [1.165, 1.54) is 0 Å². The molecule has 4 aromatic rings. The molecule has 1 amide bonds. The van der Waals surface area contributed by atoms with Gasteiger partial charge in [0.25, 0.3) is 5.91 Å². The zero-order valence-corrected chi connectivity index (χ0v) is 20.5. The molecule has 6 rings (SSSR count). The Morgan fingerprint density at radius 2 is 1.94 bits per heavy atom. The Bertz CT molecular complexity index is 1560. The maximum atomic E-state index is 13.3. The van der Waals surface area contributed by atoms with E-state index < -0.39 is 0 Å². The molecule has 0 unspecified atom stereocenters. The number of pyridine rings is 1. The summed E-state index contributed by atoms with van der Waals surface area (Å²) in [5, 5.41) is 17.8. The maximum Gasteiger partial charge on any atom is 0.270 e. The predicted octanol–water partition coefficient (Wildman–Crippen LogP) is 4.44. The molecule has 2 aliphatic carbocycles. The normalized spacial score (nSPS) is 22.6. The number of nitrogens with one attached hydrogen (secondary N) is 1. The largest absolute Gasteiger partial charge is 0.345 e. The van der Waals surface area contributed by atoms with E-state index in [-0.39, 0.29) is 17.0 Å². The number of benzene rings is 1. The molecule has 2 saturated carbocycles. The summed E-state index contributed by atoms with van der Waals surface area (Å²) in [5.74, 6) is -0.215. The minimum absolute atomic E-state index is 0.158. The number of nitrogens with two attached hydrogens (primary N) is 1. The third-order valence-electron chi connectivity index (χ3n) is 7.47. The molecule has 3 aromatic heterocycles. The average Bonchev–Trinajstić information content (AvgIpc) is 3.51. The van der Waals surface area contributed by atoms with Crippen molar-refractivity contribution in [1.29, 1.82) is 5.26 Å². The number of carbonyl (C=O) groups is 1. The molecular weight excluding hydrogens is 474 g/mol. The highest BCUT2D eigenvalue weighted by Crippen LogP contribution is 2.49. The van der Waals surface area contributed by atoms with E-state index in [4.69, 9.17) is 27.4 Å². The van der Waals surface area contributed by atoms with Crippen molar-refractivity contribution in [3.63, 3.8) is 0 Å². The topological polar surface area (TPSA) is 122 Å². The van der Waals surface area contributed by atoms with E-state index in [0.717, 1.165) is 48.9 Å². The van der Waals surface area contributed by atoms with Crippen LogP contribution in [0, 0.1) is 18.3 Å². The van der Waals surface area contributed by atoms with Gasteiger partial charge in [0, 0.05) is 28.5 Å². The van der Waals surface area contributed by atoms with Gasteiger partial charge in [0.1, 0.15) is 16.5 Å². The zero-order valence-electron chi connectivity index (χ0n) is 19.8. The van der Waals surface area contributed by atoms with Gasteiger partial charge in [-0.2, -0.15) is 10.4 Å². The number of aromatic nitrogens is 4. The molecule has 3 N–H and O–H groups in total. The molecule has 2 aliphatic rings. The smallest absolute Gasteiger partial charge is 0.270 e. The van der Waals surface area contributed by atoms with Gasteiger partial charge in [-0.25, -0.2) is 14.5 Å². The Morgan fingerprint density at radius 3 is 2.64 bits per heavy atom. The number of nitriles is 1. The fraction of sp³-hybridized carbons (Fsp3) is 0.296. The van der Waals surface area contributed by atoms with Crippen molar-refractivity contribution in [3.05, 3.63) is 70.8 Å². The SMILES string of the molecule is Cc1cc(-c2c(-c3cccc(C#N)c3)nn3ccc(C(=O)NC45CCC(N)(CC4)C5)nc23)cc(Cl)n1. The summed E-state index contributed by atoms with van der Waals surface area (Å²) >= 11 is 6.31. The van der Waals surface area contributed by atoms with Crippen LogP contribution < -0.4 is 11.1 Å². The first-order valence-corrected chi connectivity index (χ1v) is 12.3. The number of nitrogens with zero attached hydrogens (tertiary/aromatic N) is 5. The van der Waals surface area contributed by atoms with Gasteiger partial charge < -0.3 is 11.1 Å². The predicted molar refractivity (Wildman–Crippen MR) is 136 cm³/mol. The summed E-state index contributed by atoms with van der Waals surface area (Å²) in [6.07, 6.45) is 6.19. The van der Waals surface area contributed by atoms with E-state index in [2.05, 4.69) is 16.4 Å². The molecule has 2 bridgehead atoms. The summed E-state index contributed by atoms with van der Waals surface area (Å²) in [7, 11) is 0. The molecule has 8 nitrogen and oxygen atoms in total. The average molecular weight is 498 g/mol. The highest BCUT2D eigenvalue weighted by Gasteiger charge is 2.53.